The smallest absolute Gasteiger partial charge is 0.257 e. The molecule has 1 atom stereocenters. The molecule has 2 N–H and O–H groups in total. The van der Waals surface area contributed by atoms with Crippen molar-refractivity contribution in [2.75, 3.05) is 27.3 Å². The first-order chi connectivity index (χ1) is 10.1. The quantitative estimate of drug-likeness (QED) is 0.920. The molecule has 1 amide bonds. The lowest BCUT2D eigenvalue weighted by Crippen LogP contribution is -2.47. The molecule has 1 aliphatic heterocycles. The molecule has 116 valence electrons. The van der Waals surface area contributed by atoms with E-state index in [2.05, 4.69) is 0 Å². The summed E-state index contributed by atoms with van der Waals surface area (Å²) >= 11 is 0. The van der Waals surface area contributed by atoms with E-state index in [4.69, 9.17) is 15.2 Å². The van der Waals surface area contributed by atoms with Crippen LogP contribution in [-0.4, -0.2) is 44.2 Å². The van der Waals surface area contributed by atoms with E-state index >= 15 is 0 Å². The average molecular weight is 296 g/mol. The average Bonchev–Trinajstić information content (AvgIpc) is 2.53. The van der Waals surface area contributed by atoms with Gasteiger partial charge in [0.1, 0.15) is 5.82 Å². The summed E-state index contributed by atoms with van der Waals surface area (Å²) in [5.41, 5.74) is 5.71. The summed E-state index contributed by atoms with van der Waals surface area (Å²) in [4.78, 5) is 14.3. The predicted octanol–water partition coefficient (Wildman–Crippen LogP) is 1.80. The fourth-order valence-electron chi connectivity index (χ4n) is 2.69. The molecule has 1 saturated heterocycles. The van der Waals surface area contributed by atoms with Crippen LogP contribution in [0, 0.1) is 5.82 Å². The number of rotatable bonds is 4. The zero-order valence-electron chi connectivity index (χ0n) is 12.4. The van der Waals surface area contributed by atoms with Crippen LogP contribution < -0.4 is 15.2 Å². The van der Waals surface area contributed by atoms with Crippen LogP contribution >= 0.6 is 0 Å². The fourth-order valence-corrected chi connectivity index (χ4v) is 2.69. The Bertz CT molecular complexity index is 522. The lowest BCUT2D eigenvalue weighted by Gasteiger charge is -2.35. The van der Waals surface area contributed by atoms with Crippen molar-refractivity contribution in [1.29, 1.82) is 0 Å². The monoisotopic (exact) mass is 296 g/mol. The van der Waals surface area contributed by atoms with E-state index in [1.54, 1.807) is 4.90 Å². The highest BCUT2D eigenvalue weighted by molar-refractivity contribution is 5.95. The van der Waals surface area contributed by atoms with Crippen molar-refractivity contribution in [3.8, 4) is 11.5 Å². The van der Waals surface area contributed by atoms with Gasteiger partial charge < -0.3 is 20.1 Å². The number of piperidine rings is 1. The van der Waals surface area contributed by atoms with Gasteiger partial charge in [-0.15, -0.1) is 0 Å². The minimum atomic E-state index is -0.612. The van der Waals surface area contributed by atoms with Crippen molar-refractivity contribution >= 4 is 5.91 Å². The molecule has 0 aliphatic carbocycles. The van der Waals surface area contributed by atoms with Crippen LogP contribution in [0.15, 0.2) is 12.1 Å². The summed E-state index contributed by atoms with van der Waals surface area (Å²) in [5, 5.41) is 0. The number of carbonyl (C=O) groups excluding carboxylic acids is 1. The number of benzene rings is 1. The maximum atomic E-state index is 14.2. The van der Waals surface area contributed by atoms with Crippen molar-refractivity contribution in [2.45, 2.75) is 25.3 Å². The maximum absolute atomic E-state index is 14.2. The molecule has 1 aromatic carbocycles. The van der Waals surface area contributed by atoms with Crippen LogP contribution in [0.1, 0.15) is 29.6 Å². The molecule has 1 aliphatic rings. The lowest BCUT2D eigenvalue weighted by molar-refractivity contribution is 0.0618. The Morgan fingerprint density at radius 1 is 1.33 bits per heavy atom. The molecule has 0 saturated carbocycles. The molecular formula is C15H21FN2O3. The number of likely N-dealkylation sites (tertiary alicyclic amines) is 1. The number of amides is 1. The van der Waals surface area contributed by atoms with E-state index in [0.29, 0.717) is 18.8 Å². The summed E-state index contributed by atoms with van der Waals surface area (Å²) in [6, 6.07) is 2.53. The fraction of sp³-hybridized carbons (Fsp3) is 0.533. The highest BCUT2D eigenvalue weighted by Crippen LogP contribution is 2.31. The number of ether oxygens (including phenoxy) is 2. The van der Waals surface area contributed by atoms with Crippen LogP contribution in [0.4, 0.5) is 4.39 Å². The van der Waals surface area contributed by atoms with Gasteiger partial charge >= 0.3 is 0 Å². The van der Waals surface area contributed by atoms with Crippen LogP contribution in [0.5, 0.6) is 11.5 Å². The summed E-state index contributed by atoms with van der Waals surface area (Å²) in [7, 11) is 2.88. The summed E-state index contributed by atoms with van der Waals surface area (Å²) in [6.45, 7) is 0.995. The minimum Gasteiger partial charge on any atom is -0.493 e. The van der Waals surface area contributed by atoms with Crippen LogP contribution in [-0.2, 0) is 0 Å². The van der Waals surface area contributed by atoms with Gasteiger partial charge in [-0.1, -0.05) is 0 Å². The summed E-state index contributed by atoms with van der Waals surface area (Å²) in [6.07, 6.45) is 2.81. The molecule has 1 aromatic rings. The number of hydrogen-bond donors (Lipinski definition) is 1. The van der Waals surface area contributed by atoms with E-state index < -0.39 is 5.82 Å². The van der Waals surface area contributed by atoms with Crippen LogP contribution in [0.2, 0.25) is 0 Å². The highest BCUT2D eigenvalue weighted by Gasteiger charge is 2.29. The van der Waals surface area contributed by atoms with Crippen molar-refractivity contribution in [1.82, 2.24) is 4.90 Å². The molecule has 6 heteroatoms. The molecule has 1 unspecified atom stereocenters. The first kappa shape index (κ1) is 15.6. The van der Waals surface area contributed by atoms with Gasteiger partial charge in [0.25, 0.3) is 5.91 Å². The Hall–Kier alpha value is -1.82. The van der Waals surface area contributed by atoms with Gasteiger partial charge in [-0.2, -0.15) is 0 Å². The molecule has 1 fully saturated rings. The van der Waals surface area contributed by atoms with E-state index in [1.807, 2.05) is 0 Å². The predicted molar refractivity (Wildman–Crippen MR) is 77.2 cm³/mol. The first-order valence-corrected chi connectivity index (χ1v) is 7.05. The van der Waals surface area contributed by atoms with Gasteiger partial charge in [0.15, 0.2) is 11.5 Å². The second-order valence-electron chi connectivity index (χ2n) is 5.07. The minimum absolute atomic E-state index is 0.00648. The SMILES string of the molecule is COc1cc(F)c(C(=O)N2CCCCC2CN)cc1OC. The molecule has 5 nitrogen and oxygen atoms in total. The zero-order valence-corrected chi connectivity index (χ0v) is 12.4. The van der Waals surface area contributed by atoms with Crippen LogP contribution in [0.3, 0.4) is 0 Å². The Balaban J connectivity index is 2.33. The number of hydrogen-bond acceptors (Lipinski definition) is 4. The number of carbonyl (C=O) groups is 1. The third-order valence-corrected chi connectivity index (χ3v) is 3.86. The van der Waals surface area contributed by atoms with Gasteiger partial charge in [0, 0.05) is 25.2 Å². The first-order valence-electron chi connectivity index (χ1n) is 7.05. The zero-order chi connectivity index (χ0) is 15.4. The number of nitrogens with zero attached hydrogens (tertiary/aromatic N) is 1. The Morgan fingerprint density at radius 3 is 2.62 bits per heavy atom. The van der Waals surface area contributed by atoms with Crippen molar-refractivity contribution < 1.29 is 18.7 Å². The number of halogens is 1. The van der Waals surface area contributed by atoms with E-state index in [0.717, 1.165) is 19.3 Å². The second-order valence-corrected chi connectivity index (χ2v) is 5.07. The van der Waals surface area contributed by atoms with Crippen LogP contribution in [0.25, 0.3) is 0 Å². The Kier molecular flexibility index (Phi) is 5.01. The Labute approximate surface area is 123 Å². The summed E-state index contributed by atoms with van der Waals surface area (Å²) < 4.78 is 24.3. The Morgan fingerprint density at radius 2 is 2.00 bits per heavy atom. The normalized spacial score (nSPS) is 18.5. The van der Waals surface area contributed by atoms with Gasteiger partial charge in [-0.25, -0.2) is 4.39 Å². The van der Waals surface area contributed by atoms with Gasteiger partial charge in [0.2, 0.25) is 0 Å². The van der Waals surface area contributed by atoms with Gasteiger partial charge in [0.05, 0.1) is 19.8 Å². The van der Waals surface area contributed by atoms with E-state index in [1.165, 1.54) is 26.4 Å². The molecule has 0 aromatic heterocycles. The largest absolute Gasteiger partial charge is 0.493 e. The van der Waals surface area contributed by atoms with Crippen molar-refractivity contribution in [2.24, 2.45) is 5.73 Å². The van der Waals surface area contributed by atoms with E-state index in [9.17, 15) is 9.18 Å². The third-order valence-electron chi connectivity index (χ3n) is 3.86. The number of methoxy groups -OCH3 is 2. The highest BCUT2D eigenvalue weighted by atomic mass is 19.1. The molecular weight excluding hydrogens is 275 g/mol. The van der Waals surface area contributed by atoms with Crippen molar-refractivity contribution in [3.63, 3.8) is 0 Å². The molecule has 0 spiro atoms. The maximum Gasteiger partial charge on any atom is 0.257 e. The second kappa shape index (κ2) is 6.76. The molecule has 1 heterocycles. The molecule has 0 radical (unpaired) electrons. The van der Waals surface area contributed by atoms with Crippen molar-refractivity contribution in [3.05, 3.63) is 23.5 Å². The van der Waals surface area contributed by atoms with E-state index in [-0.39, 0.29) is 23.3 Å². The standard InChI is InChI=1S/C15H21FN2O3/c1-20-13-7-11(12(16)8-14(13)21-2)15(19)18-6-4-3-5-10(18)9-17/h7-8,10H,3-6,9,17H2,1-2H3. The molecule has 21 heavy (non-hydrogen) atoms. The van der Waals surface area contributed by atoms with Gasteiger partial charge in [-0.3, -0.25) is 4.79 Å². The third kappa shape index (κ3) is 3.10. The van der Waals surface area contributed by atoms with Gasteiger partial charge in [-0.05, 0) is 25.3 Å². The topological polar surface area (TPSA) is 64.8 Å². The molecule has 2 rings (SSSR count). The summed E-state index contributed by atoms with van der Waals surface area (Å²) in [5.74, 6) is -0.355. The lowest BCUT2D eigenvalue weighted by atomic mass is 10.0. The number of nitrogens with two attached hydrogens (primary N) is 1. The molecule has 0 bridgehead atoms.